The normalized spacial score (nSPS) is 11.9. The Morgan fingerprint density at radius 2 is 1.00 bits per heavy atom. The van der Waals surface area contributed by atoms with E-state index in [1.807, 2.05) is 48.5 Å². The fourth-order valence-electron chi connectivity index (χ4n) is 4.28. The molecule has 277 valence electrons. The molecule has 0 atom stereocenters. The van der Waals surface area contributed by atoms with Crippen LogP contribution in [0.3, 0.4) is 0 Å². The van der Waals surface area contributed by atoms with E-state index in [4.69, 9.17) is 10.3 Å². The molecule has 0 bridgehead atoms. The minimum Gasteiger partial charge on any atom is -0.871 e. The van der Waals surface area contributed by atoms with Crippen LogP contribution in [-0.4, -0.2) is 49.8 Å². The third kappa shape index (κ3) is 10.8. The molecule has 54 heavy (non-hydrogen) atoms. The third-order valence-electron chi connectivity index (χ3n) is 6.80. The zero-order valence-corrected chi connectivity index (χ0v) is 32.6. The number of rotatable bonds is 10. The van der Waals surface area contributed by atoms with Gasteiger partial charge in [-0.15, -0.1) is 22.7 Å². The number of anilines is 2. The van der Waals surface area contributed by atoms with Crippen molar-refractivity contribution in [1.82, 2.24) is 9.97 Å². The maximum Gasteiger partial charge on any atom is 1.00 e. The Hall–Kier alpha value is -4.54. The number of aromatic nitrogens is 2. The minimum atomic E-state index is -3.97. The first kappa shape index (κ1) is 43.9. The minimum absolute atomic E-state index is 0. The number of hydrogen-bond acceptors (Lipinski definition) is 16. The van der Waals surface area contributed by atoms with Gasteiger partial charge in [-0.2, -0.15) is 10.2 Å². The van der Waals surface area contributed by atoms with Crippen LogP contribution in [0, 0.1) is 0 Å². The number of primary sulfonamides is 2. The number of carbonyl (C=O) groups excluding carboxylic acids is 2. The molecule has 0 amide bonds. The molecule has 4 aromatic carbocycles. The van der Waals surface area contributed by atoms with Gasteiger partial charge in [0.1, 0.15) is 10.0 Å². The number of fused-ring (bicyclic) bond motifs is 2. The van der Waals surface area contributed by atoms with Crippen molar-refractivity contribution >= 4 is 97.5 Å². The van der Waals surface area contributed by atoms with E-state index < -0.39 is 31.5 Å². The first-order chi connectivity index (χ1) is 24.5. The number of nitrogens with one attached hydrogen (secondary N) is 2. The number of thiazole rings is 2. The maximum atomic E-state index is 12.0. The number of para-hydroxylation sites is 2. The van der Waals surface area contributed by atoms with Gasteiger partial charge in [0, 0.05) is 42.0 Å². The molecule has 1 radical (unpaired) electrons. The van der Waals surface area contributed by atoms with E-state index in [1.54, 1.807) is 0 Å². The molecule has 0 aliphatic rings. The standard InChI is InChI=1S/2C16H14N4O4S2.Co.Li/c2*1-9(21)15(16-18-11-4-2-3-5-14(11)25-16)20-19-12-8-10(26(17,23)24)6-7-13(12)22;;/h2*2-8,19,22H,1H3,(H2,17,23,24);;/q;;;+1/p-2. The summed E-state index contributed by atoms with van der Waals surface area (Å²) in [7, 11) is -7.94. The number of nitrogens with two attached hydrogens (primary N) is 2. The van der Waals surface area contributed by atoms with Gasteiger partial charge in [0.15, 0.2) is 23.0 Å². The van der Waals surface area contributed by atoms with E-state index in [0.29, 0.717) is 10.0 Å². The quantitative estimate of drug-likeness (QED) is 0.0796. The molecule has 6 N–H and O–H groups in total. The van der Waals surface area contributed by atoms with Gasteiger partial charge in [-0.1, -0.05) is 47.9 Å². The van der Waals surface area contributed by atoms with E-state index in [-0.39, 0.29) is 79.8 Å². The zero-order chi connectivity index (χ0) is 37.8. The fourth-order valence-corrected chi connectivity index (χ4v) is 7.37. The van der Waals surface area contributed by atoms with E-state index >= 15 is 0 Å². The summed E-state index contributed by atoms with van der Waals surface area (Å²) >= 11 is 2.57. The van der Waals surface area contributed by atoms with Crippen molar-refractivity contribution in [3.05, 3.63) is 94.9 Å². The van der Waals surface area contributed by atoms with Crippen molar-refractivity contribution in [2.24, 2.45) is 20.5 Å². The topological polar surface area (TPSA) is 275 Å². The molecular formula is C32H26CoLiN8O8S4-. The first-order valence-corrected chi connectivity index (χ1v) is 19.3. The van der Waals surface area contributed by atoms with Gasteiger partial charge in [0.2, 0.25) is 20.0 Å². The number of benzene rings is 4. The largest absolute Gasteiger partial charge is 1.00 e. The van der Waals surface area contributed by atoms with E-state index in [0.717, 1.165) is 56.8 Å². The Morgan fingerprint density at radius 1 is 0.648 bits per heavy atom. The summed E-state index contributed by atoms with van der Waals surface area (Å²) in [5, 5.41) is 42.6. The third-order valence-corrected chi connectivity index (χ3v) is 10.7. The van der Waals surface area contributed by atoms with Crippen LogP contribution in [0.2, 0.25) is 0 Å². The molecule has 0 aliphatic carbocycles. The fraction of sp³-hybridized carbons (Fsp3) is 0.0625. The molecule has 2 heterocycles. The molecule has 0 fully saturated rings. The zero-order valence-electron chi connectivity index (χ0n) is 28.3. The number of nitrogens with zero attached hydrogens (tertiary/aromatic N) is 4. The second kappa shape index (κ2) is 18.2. The molecule has 0 saturated carbocycles. The van der Waals surface area contributed by atoms with Crippen LogP contribution in [-0.2, 0) is 46.4 Å². The van der Waals surface area contributed by atoms with Crippen molar-refractivity contribution in [2.75, 3.05) is 10.9 Å². The van der Waals surface area contributed by atoms with Crippen molar-refractivity contribution in [2.45, 2.75) is 23.6 Å². The Morgan fingerprint density at radius 3 is 1.31 bits per heavy atom. The van der Waals surface area contributed by atoms with Crippen LogP contribution in [0.5, 0.6) is 11.5 Å². The molecule has 0 spiro atoms. The van der Waals surface area contributed by atoms with Crippen LogP contribution in [0.1, 0.15) is 23.9 Å². The average Bonchev–Trinajstić information content (AvgIpc) is 3.70. The van der Waals surface area contributed by atoms with E-state index in [1.165, 1.54) is 36.5 Å². The number of carbonyl (C=O) groups is 2. The van der Waals surface area contributed by atoms with Gasteiger partial charge < -0.3 is 10.2 Å². The summed E-state index contributed by atoms with van der Waals surface area (Å²) in [6.07, 6.45) is 0. The molecule has 6 rings (SSSR count). The van der Waals surface area contributed by atoms with E-state index in [9.17, 15) is 36.6 Å². The average molecular weight is 845 g/mol. The van der Waals surface area contributed by atoms with Gasteiger partial charge in [0.25, 0.3) is 0 Å². The van der Waals surface area contributed by atoms with Gasteiger partial charge in [0.05, 0.1) is 30.2 Å². The van der Waals surface area contributed by atoms with Crippen molar-refractivity contribution in [1.29, 1.82) is 0 Å². The smallest absolute Gasteiger partial charge is 0.871 e. The van der Waals surface area contributed by atoms with Crippen LogP contribution >= 0.6 is 22.7 Å². The molecule has 0 saturated heterocycles. The first-order valence-electron chi connectivity index (χ1n) is 14.6. The molecule has 22 heteroatoms. The second-order valence-electron chi connectivity index (χ2n) is 10.6. The van der Waals surface area contributed by atoms with Gasteiger partial charge >= 0.3 is 18.9 Å². The number of Topliss-reactive ketones (excluding diaryl/α,β-unsaturated/α-hetero) is 2. The summed E-state index contributed by atoms with van der Waals surface area (Å²) in [4.78, 5) is 32.2. The predicted octanol–water partition coefficient (Wildman–Crippen LogP) is -0.153. The Labute approximate surface area is 338 Å². The Balaban J connectivity index is 0.000000280. The number of hydrazone groups is 2. The van der Waals surface area contributed by atoms with Crippen LogP contribution in [0.4, 0.5) is 11.4 Å². The molecule has 0 aliphatic heterocycles. The van der Waals surface area contributed by atoms with Gasteiger partial charge in [-0.05, 0) is 48.5 Å². The van der Waals surface area contributed by atoms with E-state index in [2.05, 4.69) is 31.0 Å². The van der Waals surface area contributed by atoms with Crippen LogP contribution < -0.4 is 50.2 Å². The number of sulfonamides is 2. The summed E-state index contributed by atoms with van der Waals surface area (Å²) in [6, 6.07) is 21.2. The van der Waals surface area contributed by atoms with Gasteiger partial charge in [-0.3, -0.25) is 20.4 Å². The molecule has 0 unspecified atom stereocenters. The monoisotopic (exact) mass is 844 g/mol. The SMILES string of the molecule is CC(=O)C(=NNc1cc(S(N)(=O)=O)ccc1[O-])c1nc2ccccc2s1.CC(=O)C(=NNc1cc(S(N)(=O)=O)ccc1[O-])c1nc2ccccc2s1.[Co].[Li+]. The van der Waals surface area contributed by atoms with Crippen molar-refractivity contribution in [3.8, 4) is 11.5 Å². The van der Waals surface area contributed by atoms with Crippen molar-refractivity contribution < 1.29 is 72.3 Å². The molecular weight excluding hydrogens is 819 g/mol. The van der Waals surface area contributed by atoms with Crippen LogP contribution in [0.15, 0.2) is 105 Å². The van der Waals surface area contributed by atoms with Crippen LogP contribution in [0.25, 0.3) is 20.4 Å². The second-order valence-corrected chi connectivity index (χ2v) is 15.8. The molecule has 2 aromatic heterocycles. The van der Waals surface area contributed by atoms with Crippen molar-refractivity contribution in [3.63, 3.8) is 0 Å². The number of ketones is 2. The van der Waals surface area contributed by atoms with Gasteiger partial charge in [-0.25, -0.2) is 37.1 Å². The summed E-state index contributed by atoms with van der Waals surface area (Å²) in [6.45, 7) is 2.65. The Kier molecular flexibility index (Phi) is 14.8. The maximum absolute atomic E-state index is 12.0. The Bertz CT molecular complexity index is 2400. The number of hydrogen-bond donors (Lipinski definition) is 4. The summed E-state index contributed by atoms with van der Waals surface area (Å²) < 4.78 is 47.4. The predicted molar refractivity (Wildman–Crippen MR) is 195 cm³/mol. The summed E-state index contributed by atoms with van der Waals surface area (Å²) in [5.74, 6) is -1.69. The molecule has 6 aromatic rings. The summed E-state index contributed by atoms with van der Waals surface area (Å²) in [5.41, 5.74) is 6.19. The molecule has 16 nitrogen and oxygen atoms in total.